The summed E-state index contributed by atoms with van der Waals surface area (Å²) in [5.41, 5.74) is 1.85. The summed E-state index contributed by atoms with van der Waals surface area (Å²) in [5, 5.41) is 17.0. The molecular weight excluding hydrogens is 445 g/mol. The van der Waals surface area contributed by atoms with E-state index in [1.807, 2.05) is 24.3 Å². The van der Waals surface area contributed by atoms with Crippen molar-refractivity contribution in [1.82, 2.24) is 15.0 Å². The zero-order chi connectivity index (χ0) is 22.9. The quantitative estimate of drug-likeness (QED) is 0.434. The van der Waals surface area contributed by atoms with Crippen LogP contribution in [0.5, 0.6) is 5.75 Å². The maximum absolute atomic E-state index is 13.3. The third kappa shape index (κ3) is 4.44. The smallest absolute Gasteiger partial charge is 0.244 e. The maximum atomic E-state index is 13.3. The number of hydrogen-bond donors (Lipinski definition) is 1. The van der Waals surface area contributed by atoms with E-state index in [0.29, 0.717) is 42.7 Å². The Hall–Kier alpha value is -3.00. The molecule has 0 aliphatic carbocycles. The molecule has 0 bridgehead atoms. The first-order valence-electron chi connectivity index (χ1n) is 10.7. The van der Waals surface area contributed by atoms with Gasteiger partial charge in [0.2, 0.25) is 5.89 Å². The summed E-state index contributed by atoms with van der Waals surface area (Å²) in [6.45, 7) is 1.13. The van der Waals surface area contributed by atoms with E-state index >= 15 is 0 Å². The van der Waals surface area contributed by atoms with Crippen LogP contribution < -0.4 is 4.74 Å². The fraction of sp³-hybridized carbons (Fsp3) is 0.280. The zero-order valence-electron chi connectivity index (χ0n) is 18.0. The number of fused-ring (bicyclic) bond motifs is 1. The minimum Gasteiger partial charge on any atom is -0.496 e. The number of methoxy groups -OCH3 is 1. The molecule has 1 aromatic heterocycles. The van der Waals surface area contributed by atoms with Gasteiger partial charge >= 0.3 is 0 Å². The van der Waals surface area contributed by atoms with Gasteiger partial charge in [-0.3, -0.25) is 4.90 Å². The van der Waals surface area contributed by atoms with Crippen molar-refractivity contribution in [2.45, 2.75) is 31.5 Å². The number of aliphatic hydroxyl groups excluding tert-OH is 1. The van der Waals surface area contributed by atoms with E-state index in [0.717, 1.165) is 27.6 Å². The molecule has 170 valence electrons. The van der Waals surface area contributed by atoms with Crippen LogP contribution in [0.2, 0.25) is 5.02 Å². The van der Waals surface area contributed by atoms with Gasteiger partial charge in [-0.25, -0.2) is 4.39 Å². The average molecular weight is 468 g/mol. The summed E-state index contributed by atoms with van der Waals surface area (Å²) >= 11 is 6.14. The maximum Gasteiger partial charge on any atom is 0.244 e. The molecule has 2 atom stereocenters. The summed E-state index contributed by atoms with van der Waals surface area (Å²) in [6.07, 6.45) is 0.356. The van der Waals surface area contributed by atoms with Crippen LogP contribution >= 0.6 is 11.6 Å². The van der Waals surface area contributed by atoms with Gasteiger partial charge in [0.15, 0.2) is 5.82 Å². The minimum atomic E-state index is -0.485. The standard InChI is InChI=1S/C25H23ClFN3O3/c1-32-23-9-7-16(19-4-2-3-5-20(19)23)13-30-14-18(31)12-22(30)25-28-24(29-33-25)10-15-6-8-17(27)11-21(15)26/h2-9,11,18,22,31H,10,12-14H2,1H3. The molecule has 1 aliphatic heterocycles. The number of rotatable bonds is 6. The van der Waals surface area contributed by atoms with Gasteiger partial charge in [-0.15, -0.1) is 0 Å². The van der Waals surface area contributed by atoms with E-state index in [4.69, 9.17) is 20.9 Å². The van der Waals surface area contributed by atoms with Crippen molar-refractivity contribution in [3.63, 3.8) is 0 Å². The molecule has 0 amide bonds. The first-order chi connectivity index (χ1) is 16.0. The molecule has 1 aliphatic rings. The SMILES string of the molecule is COc1ccc(CN2CC(O)CC2c2nc(Cc3ccc(F)cc3Cl)no2)c2ccccc12. The summed E-state index contributed by atoms with van der Waals surface area (Å²) in [5.74, 6) is 1.36. The second-order valence-corrected chi connectivity index (χ2v) is 8.68. The number of β-amino-alcohol motifs (C(OH)–C–C–N with tert-alkyl or cyclic N) is 1. The van der Waals surface area contributed by atoms with Crippen molar-refractivity contribution in [3.05, 3.63) is 88.3 Å². The summed E-state index contributed by atoms with van der Waals surface area (Å²) in [6, 6.07) is 16.2. The molecule has 0 spiro atoms. The Kier molecular flexibility index (Phi) is 6.01. The number of hydrogen-bond acceptors (Lipinski definition) is 6. The van der Waals surface area contributed by atoms with E-state index < -0.39 is 6.10 Å². The number of aliphatic hydroxyl groups is 1. The van der Waals surface area contributed by atoms with Gasteiger partial charge in [-0.2, -0.15) is 4.98 Å². The largest absolute Gasteiger partial charge is 0.496 e. The first kappa shape index (κ1) is 21.8. The molecule has 0 radical (unpaired) electrons. The Morgan fingerprint density at radius 3 is 2.73 bits per heavy atom. The molecule has 33 heavy (non-hydrogen) atoms. The Bertz CT molecular complexity index is 1300. The van der Waals surface area contributed by atoms with Crippen LogP contribution in [0.15, 0.2) is 59.1 Å². The molecule has 3 aromatic carbocycles. The molecule has 2 heterocycles. The lowest BCUT2D eigenvalue weighted by molar-refractivity contribution is 0.169. The highest BCUT2D eigenvalue weighted by Crippen LogP contribution is 2.35. The Balaban J connectivity index is 1.39. The van der Waals surface area contributed by atoms with E-state index in [1.165, 1.54) is 12.1 Å². The van der Waals surface area contributed by atoms with Crippen molar-refractivity contribution in [3.8, 4) is 5.75 Å². The molecular formula is C25H23ClFN3O3. The van der Waals surface area contributed by atoms with Gasteiger partial charge in [-0.1, -0.05) is 53.2 Å². The van der Waals surface area contributed by atoms with Gasteiger partial charge in [0.25, 0.3) is 0 Å². The summed E-state index contributed by atoms with van der Waals surface area (Å²) < 4.78 is 24.4. The van der Waals surface area contributed by atoms with Gasteiger partial charge in [0.1, 0.15) is 11.6 Å². The Morgan fingerprint density at radius 2 is 1.94 bits per heavy atom. The van der Waals surface area contributed by atoms with Crippen LogP contribution in [0, 0.1) is 5.82 Å². The van der Waals surface area contributed by atoms with E-state index in [-0.39, 0.29) is 11.9 Å². The number of aromatic nitrogens is 2. The summed E-state index contributed by atoms with van der Waals surface area (Å²) in [7, 11) is 1.67. The zero-order valence-corrected chi connectivity index (χ0v) is 18.8. The number of nitrogens with zero attached hydrogens (tertiary/aromatic N) is 3. The number of ether oxygens (including phenoxy) is 1. The predicted molar refractivity (Wildman–Crippen MR) is 123 cm³/mol. The normalized spacial score (nSPS) is 18.8. The lowest BCUT2D eigenvalue weighted by Crippen LogP contribution is -2.24. The van der Waals surface area contributed by atoms with Crippen LogP contribution in [0.4, 0.5) is 4.39 Å². The fourth-order valence-electron chi connectivity index (χ4n) is 4.49. The average Bonchev–Trinajstić information content (AvgIpc) is 3.42. The molecule has 1 N–H and O–H groups in total. The number of benzene rings is 3. The number of likely N-dealkylation sites (tertiary alicyclic amines) is 1. The van der Waals surface area contributed by atoms with Gasteiger partial charge in [0.05, 0.1) is 19.3 Å². The lowest BCUT2D eigenvalue weighted by atomic mass is 10.0. The van der Waals surface area contributed by atoms with Crippen molar-refractivity contribution in [2.75, 3.05) is 13.7 Å². The molecule has 8 heteroatoms. The molecule has 6 nitrogen and oxygen atoms in total. The molecule has 4 aromatic rings. The monoisotopic (exact) mass is 467 g/mol. The highest BCUT2D eigenvalue weighted by molar-refractivity contribution is 6.31. The molecule has 1 fully saturated rings. The van der Waals surface area contributed by atoms with Crippen molar-refractivity contribution in [1.29, 1.82) is 0 Å². The minimum absolute atomic E-state index is 0.203. The van der Waals surface area contributed by atoms with Gasteiger partial charge in [0, 0.05) is 29.9 Å². The van der Waals surface area contributed by atoms with E-state index in [9.17, 15) is 9.50 Å². The first-order valence-corrected chi connectivity index (χ1v) is 11.1. The Labute approximate surface area is 195 Å². The third-order valence-corrected chi connectivity index (χ3v) is 6.43. The molecule has 1 saturated heterocycles. The van der Waals surface area contributed by atoms with Crippen LogP contribution in [0.3, 0.4) is 0 Å². The van der Waals surface area contributed by atoms with Crippen LogP contribution in [0.25, 0.3) is 10.8 Å². The highest BCUT2D eigenvalue weighted by atomic mass is 35.5. The second-order valence-electron chi connectivity index (χ2n) is 8.27. The molecule has 2 unspecified atom stereocenters. The topological polar surface area (TPSA) is 71.6 Å². The van der Waals surface area contributed by atoms with Crippen molar-refractivity contribution < 1.29 is 18.8 Å². The van der Waals surface area contributed by atoms with Crippen LogP contribution in [-0.4, -0.2) is 39.9 Å². The van der Waals surface area contributed by atoms with Crippen molar-refractivity contribution >= 4 is 22.4 Å². The van der Waals surface area contributed by atoms with Crippen LogP contribution in [0.1, 0.15) is 35.3 Å². The van der Waals surface area contributed by atoms with E-state index in [2.05, 4.69) is 27.2 Å². The predicted octanol–water partition coefficient (Wildman–Crippen LogP) is 4.92. The van der Waals surface area contributed by atoms with Gasteiger partial charge in [-0.05, 0) is 41.1 Å². The Morgan fingerprint density at radius 1 is 1.15 bits per heavy atom. The highest BCUT2D eigenvalue weighted by Gasteiger charge is 2.36. The lowest BCUT2D eigenvalue weighted by Gasteiger charge is -2.22. The van der Waals surface area contributed by atoms with E-state index in [1.54, 1.807) is 13.2 Å². The fourth-order valence-corrected chi connectivity index (χ4v) is 4.72. The molecule has 0 saturated carbocycles. The third-order valence-electron chi connectivity index (χ3n) is 6.08. The summed E-state index contributed by atoms with van der Waals surface area (Å²) in [4.78, 5) is 6.72. The number of halogens is 2. The van der Waals surface area contributed by atoms with Crippen molar-refractivity contribution in [2.24, 2.45) is 0 Å². The molecule has 5 rings (SSSR count). The van der Waals surface area contributed by atoms with Gasteiger partial charge < -0.3 is 14.4 Å². The van der Waals surface area contributed by atoms with Crippen LogP contribution in [-0.2, 0) is 13.0 Å². The second kappa shape index (κ2) is 9.09.